The van der Waals surface area contributed by atoms with Gasteiger partial charge in [-0.05, 0) is 38.1 Å². The van der Waals surface area contributed by atoms with Crippen molar-refractivity contribution in [3.8, 4) is 5.69 Å². The predicted octanol–water partition coefficient (Wildman–Crippen LogP) is 3.68. The van der Waals surface area contributed by atoms with Crippen LogP contribution in [0.25, 0.3) is 5.69 Å². The van der Waals surface area contributed by atoms with E-state index in [2.05, 4.69) is 25.0 Å². The second-order valence-corrected chi connectivity index (χ2v) is 6.21. The van der Waals surface area contributed by atoms with Crippen LogP contribution in [0.5, 0.6) is 0 Å². The Bertz CT molecular complexity index is 953. The third-order valence-electron chi connectivity index (χ3n) is 3.92. The van der Waals surface area contributed by atoms with Gasteiger partial charge in [0.05, 0.1) is 24.3 Å². The Kier molecular flexibility index (Phi) is 5.50. The number of hydrogen-bond donors (Lipinski definition) is 2. The van der Waals surface area contributed by atoms with Gasteiger partial charge in [-0.25, -0.2) is 9.97 Å². The number of benzene rings is 1. The van der Waals surface area contributed by atoms with Crippen LogP contribution in [0.1, 0.15) is 17.0 Å². The van der Waals surface area contributed by atoms with Crippen LogP contribution in [0.15, 0.2) is 36.8 Å². The minimum atomic E-state index is -4.40. The zero-order valence-electron chi connectivity index (χ0n) is 15.3. The van der Waals surface area contributed by atoms with Gasteiger partial charge in [0, 0.05) is 23.1 Å². The van der Waals surface area contributed by atoms with E-state index in [0.717, 1.165) is 11.4 Å². The van der Waals surface area contributed by atoms with E-state index in [-0.39, 0.29) is 18.4 Å². The van der Waals surface area contributed by atoms with Crippen molar-refractivity contribution < 1.29 is 17.9 Å². The lowest BCUT2D eigenvalue weighted by Gasteiger charge is -2.13. The van der Waals surface area contributed by atoms with Gasteiger partial charge < -0.3 is 20.4 Å². The normalized spacial score (nSPS) is 11.6. The molecule has 3 rings (SSSR count). The smallest absolute Gasteiger partial charge is 0.383 e. The molecular formula is C18H19F3N6O. The number of ether oxygens (including phenoxy) is 1. The number of alkyl halides is 3. The van der Waals surface area contributed by atoms with E-state index in [1.54, 1.807) is 13.3 Å². The first-order valence-electron chi connectivity index (χ1n) is 8.37. The van der Waals surface area contributed by atoms with E-state index in [1.165, 1.54) is 0 Å². The third-order valence-corrected chi connectivity index (χ3v) is 3.92. The number of nitrogens with two attached hydrogens (primary N) is 1. The number of anilines is 3. The van der Waals surface area contributed by atoms with Gasteiger partial charge in [-0.2, -0.15) is 18.2 Å². The number of aryl methyl sites for hydroxylation is 1. The molecule has 0 aliphatic carbocycles. The SMILES string of the molecule is Cc1cn(-c2ccc(Nc3nc(N)c(C)c(COCC(F)(F)F)n3)cc2)cn1. The van der Waals surface area contributed by atoms with E-state index in [1.807, 2.05) is 42.0 Å². The number of halogens is 3. The van der Waals surface area contributed by atoms with Crippen LogP contribution in [-0.4, -0.2) is 32.3 Å². The predicted molar refractivity (Wildman–Crippen MR) is 98.5 cm³/mol. The van der Waals surface area contributed by atoms with Gasteiger partial charge in [0.15, 0.2) is 0 Å². The van der Waals surface area contributed by atoms with Crippen molar-refractivity contribution in [3.63, 3.8) is 0 Å². The van der Waals surface area contributed by atoms with E-state index in [0.29, 0.717) is 16.9 Å². The standard InChI is InChI=1S/C18H19F3N6O/c1-11-7-27(10-23-11)14-5-3-13(4-6-14)24-17-25-15(12(2)16(22)26-17)8-28-9-18(19,20)21/h3-7,10H,8-9H2,1-2H3,(H3,22,24,25,26). The first kappa shape index (κ1) is 19.6. The molecule has 0 unspecified atom stereocenters. The molecule has 28 heavy (non-hydrogen) atoms. The van der Waals surface area contributed by atoms with E-state index in [4.69, 9.17) is 5.73 Å². The van der Waals surface area contributed by atoms with Gasteiger partial charge in [-0.15, -0.1) is 0 Å². The van der Waals surface area contributed by atoms with E-state index < -0.39 is 12.8 Å². The minimum absolute atomic E-state index is 0.175. The maximum atomic E-state index is 12.3. The fourth-order valence-electron chi connectivity index (χ4n) is 2.45. The second-order valence-electron chi connectivity index (χ2n) is 6.21. The monoisotopic (exact) mass is 392 g/mol. The minimum Gasteiger partial charge on any atom is -0.383 e. The molecule has 0 fully saturated rings. The van der Waals surface area contributed by atoms with Gasteiger partial charge in [-0.3, -0.25) is 0 Å². The molecule has 0 bridgehead atoms. The number of nitrogens with zero attached hydrogens (tertiary/aromatic N) is 4. The molecule has 0 amide bonds. The highest BCUT2D eigenvalue weighted by molar-refractivity contribution is 5.58. The molecule has 148 valence electrons. The fourth-order valence-corrected chi connectivity index (χ4v) is 2.45. The van der Waals surface area contributed by atoms with Crippen molar-refractivity contribution in [3.05, 3.63) is 53.7 Å². The van der Waals surface area contributed by atoms with Gasteiger partial charge in [0.1, 0.15) is 12.4 Å². The molecule has 0 saturated heterocycles. The quantitative estimate of drug-likeness (QED) is 0.665. The molecule has 3 N–H and O–H groups in total. The zero-order chi connectivity index (χ0) is 20.3. The lowest BCUT2D eigenvalue weighted by Crippen LogP contribution is -2.17. The molecular weight excluding hydrogens is 373 g/mol. The topological polar surface area (TPSA) is 90.9 Å². The molecule has 7 nitrogen and oxygen atoms in total. The van der Waals surface area contributed by atoms with Gasteiger partial charge in [-0.1, -0.05) is 0 Å². The molecule has 0 atom stereocenters. The number of hydrogen-bond acceptors (Lipinski definition) is 6. The van der Waals surface area contributed by atoms with Crippen molar-refractivity contribution in [2.45, 2.75) is 26.6 Å². The second kappa shape index (κ2) is 7.85. The lowest BCUT2D eigenvalue weighted by atomic mass is 10.2. The summed E-state index contributed by atoms with van der Waals surface area (Å²) in [5.74, 6) is 0.355. The Morgan fingerprint density at radius 2 is 1.86 bits per heavy atom. The summed E-state index contributed by atoms with van der Waals surface area (Å²) >= 11 is 0. The molecule has 3 aromatic rings. The fraction of sp³-hybridized carbons (Fsp3) is 0.278. The van der Waals surface area contributed by atoms with Crippen LogP contribution in [0.3, 0.4) is 0 Å². The summed E-state index contributed by atoms with van der Waals surface area (Å²) in [6.07, 6.45) is -0.780. The zero-order valence-corrected chi connectivity index (χ0v) is 15.3. The first-order valence-corrected chi connectivity index (χ1v) is 8.37. The Labute approximate surface area is 159 Å². The molecule has 10 heteroatoms. The summed E-state index contributed by atoms with van der Waals surface area (Å²) in [5.41, 5.74) is 9.17. The average molecular weight is 392 g/mol. The van der Waals surface area contributed by atoms with Crippen LogP contribution >= 0.6 is 0 Å². The highest BCUT2D eigenvalue weighted by atomic mass is 19.4. The Balaban J connectivity index is 1.73. The molecule has 0 aliphatic heterocycles. The highest BCUT2D eigenvalue weighted by Crippen LogP contribution is 2.21. The first-order chi connectivity index (χ1) is 13.2. The van der Waals surface area contributed by atoms with Crippen molar-refractivity contribution in [2.24, 2.45) is 0 Å². The van der Waals surface area contributed by atoms with Gasteiger partial charge in [0.25, 0.3) is 0 Å². The van der Waals surface area contributed by atoms with Crippen LogP contribution in [0.4, 0.5) is 30.6 Å². The molecule has 0 aliphatic rings. The molecule has 0 radical (unpaired) electrons. The average Bonchev–Trinajstić information content (AvgIpc) is 3.05. The summed E-state index contributed by atoms with van der Waals surface area (Å²) in [5, 5.41) is 3.00. The number of aromatic nitrogens is 4. The van der Waals surface area contributed by atoms with Crippen LogP contribution in [0.2, 0.25) is 0 Å². The summed E-state index contributed by atoms with van der Waals surface area (Å²) in [6.45, 7) is 1.87. The molecule has 2 aromatic heterocycles. The van der Waals surface area contributed by atoms with Crippen LogP contribution in [0, 0.1) is 13.8 Å². The van der Waals surface area contributed by atoms with Crippen molar-refractivity contribution >= 4 is 17.5 Å². The molecule has 1 aromatic carbocycles. The maximum absolute atomic E-state index is 12.3. The lowest BCUT2D eigenvalue weighted by molar-refractivity contribution is -0.176. The summed E-state index contributed by atoms with van der Waals surface area (Å²) in [6, 6.07) is 7.41. The van der Waals surface area contributed by atoms with Gasteiger partial charge in [0.2, 0.25) is 5.95 Å². The molecule has 2 heterocycles. The number of rotatable bonds is 6. The number of imidazole rings is 1. The third kappa shape index (κ3) is 4.97. The highest BCUT2D eigenvalue weighted by Gasteiger charge is 2.27. The van der Waals surface area contributed by atoms with Crippen molar-refractivity contribution in [1.82, 2.24) is 19.5 Å². The largest absolute Gasteiger partial charge is 0.411 e. The Hall–Kier alpha value is -3.14. The van der Waals surface area contributed by atoms with E-state index in [9.17, 15) is 13.2 Å². The van der Waals surface area contributed by atoms with Crippen molar-refractivity contribution in [1.29, 1.82) is 0 Å². The summed E-state index contributed by atoms with van der Waals surface area (Å²) in [4.78, 5) is 12.5. The van der Waals surface area contributed by atoms with Gasteiger partial charge >= 0.3 is 6.18 Å². The van der Waals surface area contributed by atoms with Crippen molar-refractivity contribution in [2.75, 3.05) is 17.7 Å². The Morgan fingerprint density at radius 3 is 2.46 bits per heavy atom. The molecule has 0 spiro atoms. The Morgan fingerprint density at radius 1 is 1.14 bits per heavy atom. The summed E-state index contributed by atoms with van der Waals surface area (Å²) in [7, 11) is 0. The summed E-state index contributed by atoms with van der Waals surface area (Å²) < 4.78 is 43.4. The van der Waals surface area contributed by atoms with Crippen LogP contribution < -0.4 is 11.1 Å². The number of nitrogen functional groups attached to an aromatic ring is 1. The number of nitrogens with one attached hydrogen (secondary N) is 1. The van der Waals surface area contributed by atoms with E-state index >= 15 is 0 Å². The van der Waals surface area contributed by atoms with Crippen LogP contribution in [-0.2, 0) is 11.3 Å². The molecule has 0 saturated carbocycles. The maximum Gasteiger partial charge on any atom is 0.411 e.